The van der Waals surface area contributed by atoms with Gasteiger partial charge in [0.05, 0.1) is 26.2 Å². The second-order valence-electron chi connectivity index (χ2n) is 7.66. The minimum Gasteiger partial charge on any atom is -0.497 e. The van der Waals surface area contributed by atoms with Gasteiger partial charge in [0, 0.05) is 30.1 Å². The number of thiophene rings is 1. The van der Waals surface area contributed by atoms with Crippen molar-refractivity contribution in [1.82, 2.24) is 10.2 Å². The van der Waals surface area contributed by atoms with Crippen LogP contribution in [0.5, 0.6) is 11.5 Å². The Morgan fingerprint density at radius 2 is 1.91 bits per heavy atom. The first kappa shape index (κ1) is 21.9. The van der Waals surface area contributed by atoms with E-state index in [0.29, 0.717) is 18.5 Å². The summed E-state index contributed by atoms with van der Waals surface area (Å²) in [6.07, 6.45) is 0.617. The maximum atomic E-state index is 13.5. The fourth-order valence-electron chi connectivity index (χ4n) is 4.26. The van der Waals surface area contributed by atoms with Gasteiger partial charge < -0.3 is 19.7 Å². The largest absolute Gasteiger partial charge is 0.497 e. The van der Waals surface area contributed by atoms with Crippen LogP contribution in [0.15, 0.2) is 60.0 Å². The van der Waals surface area contributed by atoms with E-state index >= 15 is 0 Å². The van der Waals surface area contributed by atoms with E-state index in [9.17, 15) is 9.59 Å². The highest BCUT2D eigenvalue weighted by Crippen LogP contribution is 2.43. The molecule has 0 unspecified atom stereocenters. The van der Waals surface area contributed by atoms with Crippen molar-refractivity contribution in [2.45, 2.75) is 18.4 Å². The van der Waals surface area contributed by atoms with Crippen LogP contribution in [0.3, 0.4) is 0 Å². The summed E-state index contributed by atoms with van der Waals surface area (Å²) in [6.45, 7) is 0.453. The second-order valence-corrected chi connectivity index (χ2v) is 8.64. The molecule has 0 bridgehead atoms. The third-order valence-corrected chi connectivity index (χ3v) is 6.83. The first-order valence-corrected chi connectivity index (χ1v) is 11.3. The van der Waals surface area contributed by atoms with E-state index in [4.69, 9.17) is 9.47 Å². The van der Waals surface area contributed by atoms with Gasteiger partial charge in [-0.3, -0.25) is 9.59 Å². The smallest absolute Gasteiger partial charge is 0.254 e. The standard InChI is InChI=1S/C25H26N2O4S/c1-27-23(21-9-6-14-32-21)22(18-7-4-5-8-19(18)25(27)29)24(28)26-13-12-16-10-11-17(30-2)15-20(16)31-3/h4-11,14-15,22-23H,12-13H2,1-3H3,(H,26,28)/t22-,23+/m0/s1. The minimum absolute atomic E-state index is 0.0639. The first-order valence-electron chi connectivity index (χ1n) is 10.4. The third kappa shape index (κ3) is 4.08. The number of rotatable bonds is 7. The molecule has 1 aliphatic heterocycles. The molecule has 4 rings (SSSR count). The number of nitrogens with one attached hydrogen (secondary N) is 1. The molecule has 0 aliphatic carbocycles. The number of fused-ring (bicyclic) bond motifs is 1. The van der Waals surface area contributed by atoms with Crippen LogP contribution >= 0.6 is 11.3 Å². The zero-order valence-corrected chi connectivity index (χ0v) is 19.1. The maximum absolute atomic E-state index is 13.5. The van der Waals surface area contributed by atoms with E-state index in [1.807, 2.05) is 53.9 Å². The van der Waals surface area contributed by atoms with Crippen LogP contribution in [0.1, 0.15) is 38.3 Å². The van der Waals surface area contributed by atoms with Crippen molar-refractivity contribution >= 4 is 23.2 Å². The fraction of sp³-hybridized carbons (Fsp3) is 0.280. The molecule has 1 aromatic heterocycles. The number of carbonyl (C=O) groups excluding carboxylic acids is 2. The Kier molecular flexibility index (Phi) is 6.46. The number of benzene rings is 2. The van der Waals surface area contributed by atoms with Crippen LogP contribution in [-0.4, -0.2) is 44.5 Å². The predicted octanol–water partition coefficient (Wildman–Crippen LogP) is 4.03. The molecule has 0 saturated heterocycles. The summed E-state index contributed by atoms with van der Waals surface area (Å²) in [7, 11) is 5.00. The molecule has 0 spiro atoms. The molecule has 7 heteroatoms. The van der Waals surface area contributed by atoms with Gasteiger partial charge >= 0.3 is 0 Å². The van der Waals surface area contributed by atoms with Gasteiger partial charge in [-0.15, -0.1) is 11.3 Å². The number of likely N-dealkylation sites (N-methyl/N-ethyl adjacent to an activating group) is 1. The lowest BCUT2D eigenvalue weighted by molar-refractivity contribution is -0.124. The summed E-state index contributed by atoms with van der Waals surface area (Å²) in [6, 6.07) is 16.6. The van der Waals surface area contributed by atoms with Gasteiger partial charge in [0.25, 0.3) is 5.91 Å². The highest BCUT2D eigenvalue weighted by Gasteiger charge is 2.42. The Balaban J connectivity index is 1.57. The van der Waals surface area contributed by atoms with Gasteiger partial charge in [0.1, 0.15) is 11.5 Å². The maximum Gasteiger partial charge on any atom is 0.254 e. The second kappa shape index (κ2) is 9.44. The molecule has 0 saturated carbocycles. The van der Waals surface area contributed by atoms with Crippen LogP contribution in [0.25, 0.3) is 0 Å². The van der Waals surface area contributed by atoms with Gasteiger partial charge in [-0.1, -0.05) is 30.3 Å². The van der Waals surface area contributed by atoms with Crippen molar-refractivity contribution < 1.29 is 19.1 Å². The summed E-state index contributed by atoms with van der Waals surface area (Å²) >= 11 is 1.56. The normalized spacial score (nSPS) is 17.6. The summed E-state index contributed by atoms with van der Waals surface area (Å²) in [5.41, 5.74) is 2.34. The van der Waals surface area contributed by atoms with Crippen molar-refractivity contribution in [3.8, 4) is 11.5 Å². The topological polar surface area (TPSA) is 67.9 Å². The first-order chi connectivity index (χ1) is 15.5. The monoisotopic (exact) mass is 450 g/mol. The van der Waals surface area contributed by atoms with Crippen molar-refractivity contribution in [3.63, 3.8) is 0 Å². The van der Waals surface area contributed by atoms with Gasteiger partial charge in [0.15, 0.2) is 0 Å². The van der Waals surface area contributed by atoms with Crippen LogP contribution in [0.2, 0.25) is 0 Å². The zero-order valence-electron chi connectivity index (χ0n) is 18.3. The lowest BCUT2D eigenvalue weighted by Gasteiger charge is -2.39. The molecule has 2 heterocycles. The zero-order chi connectivity index (χ0) is 22.7. The summed E-state index contributed by atoms with van der Waals surface area (Å²) in [4.78, 5) is 29.1. The summed E-state index contributed by atoms with van der Waals surface area (Å²) in [5.74, 6) is 0.808. The quantitative estimate of drug-likeness (QED) is 0.590. The van der Waals surface area contributed by atoms with Gasteiger partial charge in [-0.2, -0.15) is 0 Å². The van der Waals surface area contributed by atoms with E-state index < -0.39 is 5.92 Å². The lowest BCUT2D eigenvalue weighted by atomic mass is 9.81. The highest BCUT2D eigenvalue weighted by atomic mass is 32.1. The summed E-state index contributed by atoms with van der Waals surface area (Å²) in [5, 5.41) is 5.06. The van der Waals surface area contributed by atoms with E-state index in [0.717, 1.165) is 27.5 Å². The van der Waals surface area contributed by atoms with Crippen LogP contribution < -0.4 is 14.8 Å². The molecule has 6 nitrogen and oxygen atoms in total. The number of hydrogen-bond donors (Lipinski definition) is 1. The molecule has 2 atom stereocenters. The van der Waals surface area contributed by atoms with Crippen molar-refractivity contribution in [1.29, 1.82) is 0 Å². The van der Waals surface area contributed by atoms with Crippen LogP contribution in [0.4, 0.5) is 0 Å². The molecule has 3 aromatic rings. The molecular formula is C25H26N2O4S. The van der Waals surface area contributed by atoms with E-state index in [1.165, 1.54) is 0 Å². The molecule has 32 heavy (non-hydrogen) atoms. The predicted molar refractivity (Wildman–Crippen MR) is 125 cm³/mol. The van der Waals surface area contributed by atoms with Gasteiger partial charge in [-0.05, 0) is 41.1 Å². The van der Waals surface area contributed by atoms with E-state index in [2.05, 4.69) is 5.32 Å². The third-order valence-electron chi connectivity index (χ3n) is 5.88. The molecule has 166 valence electrons. The van der Waals surface area contributed by atoms with E-state index in [-0.39, 0.29) is 17.9 Å². The molecule has 0 fully saturated rings. The number of ether oxygens (including phenoxy) is 2. The number of methoxy groups -OCH3 is 2. The number of hydrogen-bond acceptors (Lipinski definition) is 5. The van der Waals surface area contributed by atoms with Gasteiger partial charge in [0.2, 0.25) is 5.91 Å². The SMILES string of the molecule is COc1ccc(CCNC(=O)[C@H]2c3ccccc3C(=O)N(C)[C@@H]2c2cccs2)c(OC)c1. The van der Waals surface area contributed by atoms with Crippen LogP contribution in [0, 0.1) is 0 Å². The van der Waals surface area contributed by atoms with Crippen LogP contribution in [-0.2, 0) is 11.2 Å². The molecule has 2 amide bonds. The highest BCUT2D eigenvalue weighted by molar-refractivity contribution is 7.10. The lowest BCUT2D eigenvalue weighted by Crippen LogP contribution is -2.45. The Labute approximate surface area is 191 Å². The number of nitrogens with zero attached hydrogens (tertiary/aromatic N) is 1. The Hall–Kier alpha value is -3.32. The average molecular weight is 451 g/mol. The molecule has 0 radical (unpaired) electrons. The average Bonchev–Trinajstić information content (AvgIpc) is 3.35. The Morgan fingerprint density at radius 3 is 2.62 bits per heavy atom. The molecule has 2 aromatic carbocycles. The molecule has 1 N–H and O–H groups in total. The number of amides is 2. The van der Waals surface area contributed by atoms with Crippen molar-refractivity contribution in [3.05, 3.63) is 81.5 Å². The molecular weight excluding hydrogens is 424 g/mol. The summed E-state index contributed by atoms with van der Waals surface area (Å²) < 4.78 is 10.7. The van der Waals surface area contributed by atoms with Gasteiger partial charge in [-0.25, -0.2) is 0 Å². The minimum atomic E-state index is -0.481. The van der Waals surface area contributed by atoms with Crippen molar-refractivity contribution in [2.24, 2.45) is 0 Å². The Bertz CT molecular complexity index is 1110. The Morgan fingerprint density at radius 1 is 1.09 bits per heavy atom. The van der Waals surface area contributed by atoms with Crippen molar-refractivity contribution in [2.75, 3.05) is 27.8 Å². The van der Waals surface area contributed by atoms with E-state index in [1.54, 1.807) is 43.6 Å². The number of carbonyl (C=O) groups is 2. The molecule has 1 aliphatic rings. The fourth-order valence-corrected chi connectivity index (χ4v) is 5.17.